The fourth-order valence-electron chi connectivity index (χ4n) is 10.3. The zero-order valence-corrected chi connectivity index (χ0v) is 25.0. The Morgan fingerprint density at radius 1 is 0.975 bits per heavy atom. The number of hydrogen-bond donors (Lipinski definition) is 3. The molecule has 40 heavy (non-hydrogen) atoms. The van der Waals surface area contributed by atoms with Crippen molar-refractivity contribution < 1.29 is 24.5 Å². The number of benzene rings is 1. The van der Waals surface area contributed by atoms with Gasteiger partial charge in [0.05, 0.1) is 19.3 Å². The predicted molar refractivity (Wildman–Crippen MR) is 155 cm³/mol. The molecule has 0 aliphatic heterocycles. The van der Waals surface area contributed by atoms with Crippen LogP contribution in [0.5, 0.6) is 0 Å². The topological polar surface area (TPSA) is 95.9 Å². The Kier molecular flexibility index (Phi) is 8.69. The fraction of sp³-hybridized carbons (Fsp3) is 0.765. The van der Waals surface area contributed by atoms with Crippen molar-refractivity contribution in [1.82, 2.24) is 5.32 Å². The van der Waals surface area contributed by atoms with Gasteiger partial charge in [0.2, 0.25) is 5.91 Å². The molecule has 4 fully saturated rings. The van der Waals surface area contributed by atoms with Crippen LogP contribution in [0.15, 0.2) is 30.3 Å². The van der Waals surface area contributed by atoms with E-state index in [9.17, 15) is 19.8 Å². The second-order valence-corrected chi connectivity index (χ2v) is 14.3. The van der Waals surface area contributed by atoms with Gasteiger partial charge in [-0.05, 0) is 110 Å². The number of nitrogens with one attached hydrogen (secondary N) is 1. The van der Waals surface area contributed by atoms with Crippen molar-refractivity contribution in [1.29, 1.82) is 0 Å². The van der Waals surface area contributed by atoms with Crippen molar-refractivity contribution in [2.75, 3.05) is 7.11 Å². The van der Waals surface area contributed by atoms with Gasteiger partial charge >= 0.3 is 5.97 Å². The van der Waals surface area contributed by atoms with Crippen molar-refractivity contribution in [3.8, 4) is 0 Å². The number of fused-ring (bicyclic) bond motifs is 5. The van der Waals surface area contributed by atoms with Crippen LogP contribution in [-0.4, -0.2) is 47.4 Å². The Labute approximate surface area is 240 Å². The number of aliphatic hydroxyl groups excluding tert-OH is 2. The van der Waals surface area contributed by atoms with Crippen LogP contribution in [0.1, 0.15) is 90.5 Å². The number of carbonyl (C=O) groups excluding carboxylic acids is 2. The third kappa shape index (κ3) is 5.47. The van der Waals surface area contributed by atoms with Crippen LogP contribution >= 0.6 is 0 Å². The maximum absolute atomic E-state index is 13.0. The minimum absolute atomic E-state index is 0.0876. The number of amides is 1. The Hall–Kier alpha value is -1.92. The van der Waals surface area contributed by atoms with Gasteiger partial charge in [0.15, 0.2) is 0 Å². The maximum Gasteiger partial charge on any atom is 0.328 e. The van der Waals surface area contributed by atoms with Gasteiger partial charge in [0.1, 0.15) is 6.04 Å². The van der Waals surface area contributed by atoms with Gasteiger partial charge in [-0.3, -0.25) is 4.79 Å². The fourth-order valence-corrected chi connectivity index (χ4v) is 10.3. The highest BCUT2D eigenvalue weighted by Gasteiger charge is 2.62. The van der Waals surface area contributed by atoms with E-state index in [-0.39, 0.29) is 34.9 Å². The summed E-state index contributed by atoms with van der Waals surface area (Å²) in [7, 11) is 1.37. The highest BCUT2D eigenvalue weighted by atomic mass is 16.5. The van der Waals surface area contributed by atoms with E-state index >= 15 is 0 Å². The van der Waals surface area contributed by atoms with Crippen LogP contribution < -0.4 is 5.32 Å². The number of aliphatic hydroxyl groups is 2. The smallest absolute Gasteiger partial charge is 0.328 e. The molecule has 1 aromatic carbocycles. The molecule has 0 aromatic heterocycles. The van der Waals surface area contributed by atoms with Crippen molar-refractivity contribution in [2.45, 2.75) is 110 Å². The number of ether oxygens (including phenoxy) is 1. The lowest BCUT2D eigenvalue weighted by Crippen LogP contribution is -2.58. The molecular formula is C34H51NO5. The molecule has 5 rings (SSSR count). The van der Waals surface area contributed by atoms with E-state index in [1.165, 1.54) is 32.8 Å². The molecule has 9 unspecified atom stereocenters. The van der Waals surface area contributed by atoms with E-state index < -0.39 is 12.0 Å². The first kappa shape index (κ1) is 29.6. The summed E-state index contributed by atoms with van der Waals surface area (Å²) in [6.45, 7) is 7.23. The first-order chi connectivity index (χ1) is 19.1. The Morgan fingerprint density at radius 3 is 2.40 bits per heavy atom. The van der Waals surface area contributed by atoms with E-state index in [2.05, 4.69) is 26.1 Å². The minimum atomic E-state index is -0.678. The van der Waals surface area contributed by atoms with Crippen LogP contribution in [0, 0.1) is 46.3 Å². The van der Waals surface area contributed by atoms with Gasteiger partial charge in [-0.2, -0.15) is 0 Å². The molecule has 1 aromatic rings. The van der Waals surface area contributed by atoms with Gasteiger partial charge in [0.25, 0.3) is 0 Å². The first-order valence-electron chi connectivity index (χ1n) is 15.8. The average molecular weight is 554 g/mol. The number of hydrogen-bond acceptors (Lipinski definition) is 5. The summed E-state index contributed by atoms with van der Waals surface area (Å²) < 4.78 is 4.98. The summed E-state index contributed by atoms with van der Waals surface area (Å²) in [6.07, 6.45) is 9.49. The highest BCUT2D eigenvalue weighted by Crippen LogP contribution is 2.68. The van der Waals surface area contributed by atoms with Crippen LogP contribution in [0.3, 0.4) is 0 Å². The highest BCUT2D eigenvalue weighted by molar-refractivity contribution is 5.84. The van der Waals surface area contributed by atoms with Gasteiger partial charge in [-0.25, -0.2) is 4.79 Å². The standard InChI is InChI=1S/C34H51NO5/c1-21(10-13-31(38)35-29(32(39)40-4)18-22-8-6-5-7-9-22)25-11-12-26-24-20-30(37)28-19-23(36)14-16-34(28,3)27(24)15-17-33(25,26)2/h5-9,21,23-30,36-37H,10-20H2,1-4H3,(H,35,38)/t21?,23-,24?,25?,26?,27?,28?,29?,30+,33?,34?/m1/s1. The van der Waals surface area contributed by atoms with Gasteiger partial charge < -0.3 is 20.3 Å². The summed E-state index contributed by atoms with van der Waals surface area (Å²) in [5.41, 5.74) is 1.38. The molecule has 0 heterocycles. The van der Waals surface area contributed by atoms with Gasteiger partial charge in [-0.15, -0.1) is 0 Å². The number of esters is 1. The lowest BCUT2D eigenvalue weighted by atomic mass is 9.44. The third-order valence-electron chi connectivity index (χ3n) is 12.3. The van der Waals surface area contributed by atoms with E-state index in [1.54, 1.807) is 0 Å². The minimum Gasteiger partial charge on any atom is -0.467 e. The normalized spacial score (nSPS) is 40.2. The van der Waals surface area contributed by atoms with E-state index in [1.807, 2.05) is 30.3 Å². The molecule has 4 aliphatic rings. The van der Waals surface area contributed by atoms with Crippen LogP contribution in [0.25, 0.3) is 0 Å². The molecule has 0 saturated heterocycles. The third-order valence-corrected chi connectivity index (χ3v) is 12.3. The molecule has 11 atom stereocenters. The summed E-state index contributed by atoms with van der Waals surface area (Å²) in [5.74, 6) is 2.55. The van der Waals surface area contributed by atoms with Crippen molar-refractivity contribution in [2.24, 2.45) is 46.3 Å². The molecule has 4 aliphatic carbocycles. The van der Waals surface area contributed by atoms with Gasteiger partial charge in [0, 0.05) is 12.8 Å². The Morgan fingerprint density at radius 2 is 1.68 bits per heavy atom. The average Bonchev–Trinajstić information content (AvgIpc) is 3.30. The molecule has 0 spiro atoms. The summed E-state index contributed by atoms with van der Waals surface area (Å²) >= 11 is 0. The number of methoxy groups -OCH3 is 1. The largest absolute Gasteiger partial charge is 0.467 e. The lowest BCUT2D eigenvalue weighted by molar-refractivity contribution is -0.172. The van der Waals surface area contributed by atoms with Crippen molar-refractivity contribution in [3.05, 3.63) is 35.9 Å². The molecule has 0 bridgehead atoms. The van der Waals surface area contributed by atoms with E-state index in [4.69, 9.17) is 4.74 Å². The zero-order valence-electron chi connectivity index (χ0n) is 25.0. The Balaban J connectivity index is 1.20. The molecule has 222 valence electrons. The first-order valence-corrected chi connectivity index (χ1v) is 15.8. The van der Waals surface area contributed by atoms with Gasteiger partial charge in [-0.1, -0.05) is 51.1 Å². The second kappa shape index (κ2) is 11.8. The molecule has 3 N–H and O–H groups in total. The van der Waals surface area contributed by atoms with Crippen LogP contribution in [-0.2, 0) is 20.7 Å². The molecule has 6 nitrogen and oxygen atoms in total. The molecule has 0 radical (unpaired) electrons. The van der Waals surface area contributed by atoms with Crippen LogP contribution in [0.4, 0.5) is 0 Å². The Bertz CT molecular complexity index is 1050. The summed E-state index contributed by atoms with van der Waals surface area (Å²) in [4.78, 5) is 25.4. The number of carbonyl (C=O) groups is 2. The van der Waals surface area contributed by atoms with Crippen molar-refractivity contribution in [3.63, 3.8) is 0 Å². The van der Waals surface area contributed by atoms with E-state index in [0.29, 0.717) is 42.4 Å². The predicted octanol–water partition coefficient (Wildman–Crippen LogP) is 5.29. The monoisotopic (exact) mass is 553 g/mol. The molecule has 4 saturated carbocycles. The quantitative estimate of drug-likeness (QED) is 0.380. The van der Waals surface area contributed by atoms with Crippen molar-refractivity contribution >= 4 is 11.9 Å². The summed E-state index contributed by atoms with van der Waals surface area (Å²) in [6, 6.07) is 9.04. The maximum atomic E-state index is 13.0. The zero-order chi connectivity index (χ0) is 28.7. The second-order valence-electron chi connectivity index (χ2n) is 14.3. The van der Waals surface area contributed by atoms with Crippen LogP contribution in [0.2, 0.25) is 0 Å². The molecular weight excluding hydrogens is 502 g/mol. The lowest BCUT2D eigenvalue weighted by Gasteiger charge is -2.62. The summed E-state index contributed by atoms with van der Waals surface area (Å²) in [5, 5.41) is 24.6. The van der Waals surface area contributed by atoms with E-state index in [0.717, 1.165) is 37.7 Å². The molecule has 6 heteroatoms. The SMILES string of the molecule is COC(=O)C(Cc1ccccc1)NC(=O)CCC(C)C1CCC2C3C[C@H](O)C4C[C@H](O)CCC4(C)C3CCC12C. The molecule has 1 amide bonds. The number of rotatable bonds is 8.